The maximum Gasteiger partial charge on any atom is 0.256 e. The Morgan fingerprint density at radius 2 is 2.19 bits per heavy atom. The molecule has 3 rings (SSSR count). The Kier molecular flexibility index (Phi) is 1.93. The van der Waals surface area contributed by atoms with E-state index in [9.17, 15) is 4.79 Å². The molecular weight excluding hydrogens is 200 g/mol. The smallest absolute Gasteiger partial charge is 0.256 e. The molecule has 80 valence electrons. The van der Waals surface area contributed by atoms with Gasteiger partial charge in [0.05, 0.1) is 23.3 Å². The molecule has 0 saturated carbocycles. The highest BCUT2D eigenvalue weighted by molar-refractivity contribution is 6.00. The molecule has 1 aliphatic rings. The lowest BCUT2D eigenvalue weighted by molar-refractivity contribution is 0.0787. The molecule has 0 fully saturated rings. The minimum atomic E-state index is 0.107. The lowest BCUT2D eigenvalue weighted by Crippen LogP contribution is -2.22. The fourth-order valence-electron chi connectivity index (χ4n) is 2.14. The van der Waals surface area contributed by atoms with E-state index in [0.717, 1.165) is 28.7 Å². The predicted octanol–water partition coefficient (Wildman–Crippen LogP) is 2.21. The van der Waals surface area contributed by atoms with Crippen molar-refractivity contribution in [2.75, 3.05) is 6.54 Å². The average Bonchev–Trinajstić information content (AvgIpc) is 2.63. The van der Waals surface area contributed by atoms with Crippen LogP contribution in [-0.4, -0.2) is 22.3 Å². The van der Waals surface area contributed by atoms with Gasteiger partial charge in [-0.2, -0.15) is 0 Å². The van der Waals surface area contributed by atoms with Gasteiger partial charge in [0, 0.05) is 11.9 Å². The van der Waals surface area contributed by atoms with Crippen molar-refractivity contribution in [2.24, 2.45) is 0 Å². The lowest BCUT2D eigenvalue weighted by Gasteiger charge is -2.10. The molecule has 0 bridgehead atoms. The fourth-order valence-corrected chi connectivity index (χ4v) is 2.14. The number of carbonyl (C=O) groups is 1. The fraction of sp³-hybridized carbons (Fsp3) is 0.231. The quantitative estimate of drug-likeness (QED) is 0.726. The Morgan fingerprint density at radius 3 is 3.00 bits per heavy atom. The molecular formula is C13H12N2O. The summed E-state index contributed by atoms with van der Waals surface area (Å²) in [4.78, 5) is 18.3. The molecule has 0 spiro atoms. The molecule has 0 atom stereocenters. The van der Waals surface area contributed by atoms with Crippen LogP contribution in [0.25, 0.3) is 10.9 Å². The molecule has 3 heteroatoms. The van der Waals surface area contributed by atoms with Crippen LogP contribution in [0.2, 0.25) is 0 Å². The van der Waals surface area contributed by atoms with Gasteiger partial charge >= 0.3 is 0 Å². The van der Waals surface area contributed by atoms with E-state index >= 15 is 0 Å². The van der Waals surface area contributed by atoms with Gasteiger partial charge in [0.2, 0.25) is 0 Å². The van der Waals surface area contributed by atoms with Crippen LogP contribution in [0.1, 0.15) is 23.0 Å². The van der Waals surface area contributed by atoms with Crippen molar-refractivity contribution >= 4 is 16.8 Å². The van der Waals surface area contributed by atoms with Gasteiger partial charge < -0.3 is 4.90 Å². The predicted molar refractivity (Wildman–Crippen MR) is 62.2 cm³/mol. The molecule has 0 unspecified atom stereocenters. The average molecular weight is 212 g/mol. The number of aromatic nitrogens is 1. The number of hydrogen-bond donors (Lipinski definition) is 0. The third-order valence-corrected chi connectivity index (χ3v) is 3.04. The van der Waals surface area contributed by atoms with E-state index in [1.54, 1.807) is 0 Å². The van der Waals surface area contributed by atoms with E-state index in [4.69, 9.17) is 0 Å². The van der Waals surface area contributed by atoms with Gasteiger partial charge in [-0.15, -0.1) is 0 Å². The monoisotopic (exact) mass is 212 g/mol. The molecule has 1 aromatic carbocycles. The number of carbonyl (C=O) groups excluding carboxylic acids is 1. The van der Waals surface area contributed by atoms with Crippen molar-refractivity contribution in [1.82, 2.24) is 9.88 Å². The van der Waals surface area contributed by atoms with Crippen molar-refractivity contribution < 1.29 is 4.79 Å². The van der Waals surface area contributed by atoms with E-state index in [1.807, 2.05) is 42.2 Å². The normalized spacial score (nSPS) is 14.6. The third-order valence-electron chi connectivity index (χ3n) is 3.04. The molecule has 2 aromatic rings. The summed E-state index contributed by atoms with van der Waals surface area (Å²) < 4.78 is 0. The van der Waals surface area contributed by atoms with Gasteiger partial charge in [-0.05, 0) is 19.1 Å². The van der Waals surface area contributed by atoms with Crippen LogP contribution in [0.5, 0.6) is 0 Å². The lowest BCUT2D eigenvalue weighted by atomic mass is 10.1. The second-order valence-electron chi connectivity index (χ2n) is 3.99. The van der Waals surface area contributed by atoms with Gasteiger partial charge in [0.25, 0.3) is 5.91 Å². The minimum Gasteiger partial charge on any atom is -0.333 e. The van der Waals surface area contributed by atoms with E-state index in [2.05, 4.69) is 4.98 Å². The second-order valence-corrected chi connectivity index (χ2v) is 3.99. The molecule has 16 heavy (non-hydrogen) atoms. The zero-order chi connectivity index (χ0) is 11.1. The van der Waals surface area contributed by atoms with Crippen LogP contribution in [0.15, 0.2) is 30.3 Å². The molecule has 1 amide bonds. The summed E-state index contributed by atoms with van der Waals surface area (Å²) in [6.07, 6.45) is 0. The summed E-state index contributed by atoms with van der Waals surface area (Å²) >= 11 is 0. The van der Waals surface area contributed by atoms with Crippen LogP contribution in [-0.2, 0) is 6.54 Å². The second kappa shape index (κ2) is 3.30. The number of nitrogens with zero attached hydrogens (tertiary/aromatic N) is 2. The van der Waals surface area contributed by atoms with Crippen LogP contribution < -0.4 is 0 Å². The van der Waals surface area contributed by atoms with Gasteiger partial charge in [-0.3, -0.25) is 9.78 Å². The van der Waals surface area contributed by atoms with E-state index < -0.39 is 0 Å². The molecule has 0 saturated heterocycles. The largest absolute Gasteiger partial charge is 0.333 e. The zero-order valence-corrected chi connectivity index (χ0v) is 9.10. The number of pyridine rings is 1. The zero-order valence-electron chi connectivity index (χ0n) is 9.10. The number of para-hydroxylation sites is 1. The van der Waals surface area contributed by atoms with Gasteiger partial charge in [0.1, 0.15) is 0 Å². The summed E-state index contributed by atoms with van der Waals surface area (Å²) in [6, 6.07) is 9.86. The van der Waals surface area contributed by atoms with Crippen molar-refractivity contribution in [3.63, 3.8) is 0 Å². The summed E-state index contributed by atoms with van der Waals surface area (Å²) in [5, 5.41) is 1.03. The van der Waals surface area contributed by atoms with E-state index in [-0.39, 0.29) is 5.91 Å². The highest BCUT2D eigenvalue weighted by atomic mass is 16.2. The molecule has 0 aliphatic carbocycles. The molecule has 1 aromatic heterocycles. The Labute approximate surface area is 93.7 Å². The molecule has 2 heterocycles. The molecule has 1 aliphatic heterocycles. The Bertz CT molecular complexity index is 577. The standard InChI is InChI=1S/C13H12N2O/c1-2-15-8-12-10(13(15)16)7-9-5-3-4-6-11(9)14-12/h3-7H,2,8H2,1H3. The Morgan fingerprint density at radius 1 is 1.38 bits per heavy atom. The topological polar surface area (TPSA) is 33.2 Å². The first-order valence-corrected chi connectivity index (χ1v) is 5.47. The Hall–Kier alpha value is -1.90. The highest BCUT2D eigenvalue weighted by Gasteiger charge is 2.27. The van der Waals surface area contributed by atoms with E-state index in [1.165, 1.54) is 0 Å². The summed E-state index contributed by atoms with van der Waals surface area (Å²) in [5.41, 5.74) is 2.64. The summed E-state index contributed by atoms with van der Waals surface area (Å²) in [6.45, 7) is 3.38. The third kappa shape index (κ3) is 1.21. The first kappa shape index (κ1) is 9.33. The van der Waals surface area contributed by atoms with Crippen LogP contribution in [0, 0.1) is 0 Å². The van der Waals surface area contributed by atoms with Crippen LogP contribution in [0.4, 0.5) is 0 Å². The van der Waals surface area contributed by atoms with Crippen LogP contribution >= 0.6 is 0 Å². The Balaban J connectivity index is 2.22. The van der Waals surface area contributed by atoms with Gasteiger partial charge in [-0.1, -0.05) is 18.2 Å². The first-order chi connectivity index (χ1) is 7.79. The highest BCUT2D eigenvalue weighted by Crippen LogP contribution is 2.24. The maximum atomic E-state index is 12.0. The molecule has 3 nitrogen and oxygen atoms in total. The first-order valence-electron chi connectivity index (χ1n) is 5.47. The van der Waals surface area contributed by atoms with Crippen LogP contribution in [0.3, 0.4) is 0 Å². The molecule has 0 radical (unpaired) electrons. The number of benzene rings is 1. The van der Waals surface area contributed by atoms with Crippen molar-refractivity contribution in [1.29, 1.82) is 0 Å². The van der Waals surface area contributed by atoms with Crippen molar-refractivity contribution in [3.05, 3.63) is 41.6 Å². The van der Waals surface area contributed by atoms with Gasteiger partial charge in [0.15, 0.2) is 0 Å². The van der Waals surface area contributed by atoms with Crippen molar-refractivity contribution in [3.8, 4) is 0 Å². The summed E-state index contributed by atoms with van der Waals surface area (Å²) in [7, 11) is 0. The minimum absolute atomic E-state index is 0.107. The number of fused-ring (bicyclic) bond motifs is 2. The SMILES string of the molecule is CCN1Cc2nc3ccccc3cc2C1=O. The maximum absolute atomic E-state index is 12.0. The summed E-state index contributed by atoms with van der Waals surface area (Å²) in [5.74, 6) is 0.107. The number of rotatable bonds is 1. The van der Waals surface area contributed by atoms with Crippen molar-refractivity contribution in [2.45, 2.75) is 13.5 Å². The van der Waals surface area contributed by atoms with E-state index in [0.29, 0.717) is 6.54 Å². The number of hydrogen-bond acceptors (Lipinski definition) is 2. The van der Waals surface area contributed by atoms with Gasteiger partial charge in [-0.25, -0.2) is 0 Å². The molecule has 0 N–H and O–H groups in total. The number of amides is 1.